The van der Waals surface area contributed by atoms with Gasteiger partial charge in [-0.3, -0.25) is 0 Å². The van der Waals surface area contributed by atoms with Gasteiger partial charge in [0.25, 0.3) is 0 Å². The van der Waals surface area contributed by atoms with Crippen molar-refractivity contribution < 1.29 is 0 Å². The molecule has 0 aliphatic rings. The predicted octanol–water partition coefficient (Wildman–Crippen LogP) is 2.81. The SMILES string of the molecule is C=CN=C(C#Cc1ccccc1)C=C. The highest BCUT2D eigenvalue weighted by Crippen LogP contribution is 1.94. The molecule has 0 saturated heterocycles. The minimum atomic E-state index is 0.629. The van der Waals surface area contributed by atoms with E-state index < -0.39 is 0 Å². The van der Waals surface area contributed by atoms with Crippen LogP contribution in [0.2, 0.25) is 0 Å². The summed E-state index contributed by atoms with van der Waals surface area (Å²) in [5.41, 5.74) is 1.59. The minimum absolute atomic E-state index is 0.629. The van der Waals surface area contributed by atoms with E-state index in [1.165, 1.54) is 6.20 Å². The van der Waals surface area contributed by atoms with Crippen LogP contribution in [0.15, 0.2) is 60.8 Å². The molecule has 1 aromatic carbocycles. The lowest BCUT2D eigenvalue weighted by atomic mass is 10.2. The molecule has 0 bridgehead atoms. The van der Waals surface area contributed by atoms with Crippen LogP contribution >= 0.6 is 0 Å². The Morgan fingerprint density at radius 3 is 2.50 bits per heavy atom. The molecule has 0 aliphatic carbocycles. The third kappa shape index (κ3) is 3.12. The van der Waals surface area contributed by atoms with E-state index in [-0.39, 0.29) is 0 Å². The Morgan fingerprint density at radius 1 is 1.21 bits per heavy atom. The molecule has 0 spiro atoms. The predicted molar refractivity (Wildman–Crippen MR) is 61.1 cm³/mol. The van der Waals surface area contributed by atoms with Gasteiger partial charge in [0.2, 0.25) is 0 Å². The van der Waals surface area contributed by atoms with E-state index in [0.717, 1.165) is 5.56 Å². The second-order valence-electron chi connectivity index (χ2n) is 2.52. The van der Waals surface area contributed by atoms with E-state index >= 15 is 0 Å². The topological polar surface area (TPSA) is 12.4 Å². The fourth-order valence-electron chi connectivity index (χ4n) is 0.892. The molecule has 0 radical (unpaired) electrons. The molecule has 0 fully saturated rings. The first kappa shape index (κ1) is 10.0. The second kappa shape index (κ2) is 5.55. The molecule has 0 atom stereocenters. The molecule has 0 amide bonds. The Labute approximate surface area is 84.5 Å². The lowest BCUT2D eigenvalue weighted by Gasteiger charge is -1.87. The van der Waals surface area contributed by atoms with Crippen molar-refractivity contribution in [2.45, 2.75) is 0 Å². The first-order valence-electron chi connectivity index (χ1n) is 4.25. The van der Waals surface area contributed by atoms with Crippen LogP contribution in [0.25, 0.3) is 0 Å². The summed E-state index contributed by atoms with van der Waals surface area (Å²) < 4.78 is 0. The maximum absolute atomic E-state index is 3.95. The average Bonchev–Trinajstić information content (AvgIpc) is 2.25. The van der Waals surface area contributed by atoms with E-state index in [0.29, 0.717) is 5.71 Å². The van der Waals surface area contributed by atoms with Gasteiger partial charge in [-0.2, -0.15) is 0 Å². The lowest BCUT2D eigenvalue weighted by Crippen LogP contribution is -1.85. The summed E-state index contributed by atoms with van der Waals surface area (Å²) in [6.07, 6.45) is 3.06. The van der Waals surface area contributed by atoms with Gasteiger partial charge >= 0.3 is 0 Å². The molecule has 0 unspecified atom stereocenters. The molecule has 0 N–H and O–H groups in total. The lowest BCUT2D eigenvalue weighted by molar-refractivity contribution is 1.60. The van der Waals surface area contributed by atoms with Crippen molar-refractivity contribution in [3.8, 4) is 11.8 Å². The van der Waals surface area contributed by atoms with E-state index in [4.69, 9.17) is 0 Å². The van der Waals surface area contributed by atoms with Crippen LogP contribution in [0.1, 0.15) is 5.56 Å². The van der Waals surface area contributed by atoms with Crippen LogP contribution in [-0.2, 0) is 0 Å². The Hall–Kier alpha value is -2.07. The van der Waals surface area contributed by atoms with Crippen molar-refractivity contribution in [2.75, 3.05) is 0 Å². The van der Waals surface area contributed by atoms with Crippen LogP contribution in [-0.4, -0.2) is 5.71 Å². The molecule has 0 aromatic heterocycles. The van der Waals surface area contributed by atoms with E-state index in [1.807, 2.05) is 30.3 Å². The zero-order valence-corrected chi connectivity index (χ0v) is 7.90. The molecule has 1 rings (SSSR count). The molecule has 0 heterocycles. The van der Waals surface area contributed by atoms with Crippen molar-refractivity contribution in [1.82, 2.24) is 0 Å². The summed E-state index contributed by atoms with van der Waals surface area (Å²) in [7, 11) is 0. The van der Waals surface area contributed by atoms with E-state index in [2.05, 4.69) is 30.0 Å². The molecule has 1 aromatic rings. The molecular formula is C13H11N. The summed E-state index contributed by atoms with van der Waals surface area (Å²) in [4.78, 5) is 3.95. The van der Waals surface area contributed by atoms with Gasteiger partial charge in [0.1, 0.15) is 5.71 Å². The summed E-state index contributed by atoms with van der Waals surface area (Å²) in [5, 5.41) is 0. The number of rotatable bonds is 2. The second-order valence-corrected chi connectivity index (χ2v) is 2.52. The number of aliphatic imine (C=N–C) groups is 1. The number of allylic oxidation sites excluding steroid dienone is 1. The van der Waals surface area contributed by atoms with Crippen molar-refractivity contribution >= 4 is 5.71 Å². The normalized spacial score (nSPS) is 9.86. The highest BCUT2D eigenvalue weighted by atomic mass is 14.7. The largest absolute Gasteiger partial charge is 0.248 e. The monoisotopic (exact) mass is 181 g/mol. The Morgan fingerprint density at radius 2 is 1.93 bits per heavy atom. The van der Waals surface area contributed by atoms with Crippen molar-refractivity contribution in [3.63, 3.8) is 0 Å². The fraction of sp³-hybridized carbons (Fsp3) is 0. The van der Waals surface area contributed by atoms with Crippen LogP contribution in [0.3, 0.4) is 0 Å². The average molecular weight is 181 g/mol. The van der Waals surface area contributed by atoms with Crippen molar-refractivity contribution in [2.24, 2.45) is 4.99 Å². The van der Waals surface area contributed by atoms with E-state index in [1.54, 1.807) is 6.08 Å². The van der Waals surface area contributed by atoms with E-state index in [9.17, 15) is 0 Å². The number of hydrogen-bond acceptors (Lipinski definition) is 1. The van der Waals surface area contributed by atoms with Gasteiger partial charge in [0, 0.05) is 11.8 Å². The molecule has 68 valence electrons. The van der Waals surface area contributed by atoms with Gasteiger partial charge in [-0.25, -0.2) is 4.99 Å². The quantitative estimate of drug-likeness (QED) is 0.491. The summed E-state index contributed by atoms with van der Waals surface area (Å²) in [6, 6.07) is 9.74. The minimum Gasteiger partial charge on any atom is -0.248 e. The maximum Gasteiger partial charge on any atom is 0.112 e. The smallest absolute Gasteiger partial charge is 0.112 e. The number of hydrogen-bond donors (Lipinski definition) is 0. The van der Waals surface area contributed by atoms with Gasteiger partial charge in [-0.1, -0.05) is 37.3 Å². The van der Waals surface area contributed by atoms with Gasteiger partial charge in [-0.15, -0.1) is 0 Å². The van der Waals surface area contributed by atoms with Crippen LogP contribution in [0, 0.1) is 11.8 Å². The third-order valence-electron chi connectivity index (χ3n) is 1.53. The first-order valence-corrected chi connectivity index (χ1v) is 4.25. The zero-order valence-electron chi connectivity index (χ0n) is 7.90. The fourth-order valence-corrected chi connectivity index (χ4v) is 0.892. The van der Waals surface area contributed by atoms with Crippen molar-refractivity contribution in [3.05, 3.63) is 61.3 Å². The van der Waals surface area contributed by atoms with Gasteiger partial charge in [-0.05, 0) is 24.1 Å². The standard InChI is InChI=1S/C13H11N/c1-3-13(14-4-2)11-10-12-8-6-5-7-9-12/h3-9H,1-2H2. The summed E-state index contributed by atoms with van der Waals surface area (Å²) >= 11 is 0. The highest BCUT2D eigenvalue weighted by Gasteiger charge is 1.84. The molecule has 1 nitrogen and oxygen atoms in total. The van der Waals surface area contributed by atoms with Crippen LogP contribution < -0.4 is 0 Å². The molecule has 0 aliphatic heterocycles. The Kier molecular flexibility index (Phi) is 3.97. The number of benzene rings is 1. The first-order chi connectivity index (χ1) is 6.86. The molecule has 14 heavy (non-hydrogen) atoms. The summed E-state index contributed by atoms with van der Waals surface area (Å²) in [6.45, 7) is 7.11. The maximum atomic E-state index is 3.95. The molecule has 1 heteroatoms. The zero-order chi connectivity index (χ0) is 10.2. The Bertz CT molecular complexity index is 402. The van der Waals surface area contributed by atoms with Crippen LogP contribution in [0.4, 0.5) is 0 Å². The highest BCUT2D eigenvalue weighted by molar-refractivity contribution is 6.08. The van der Waals surface area contributed by atoms with Gasteiger partial charge < -0.3 is 0 Å². The van der Waals surface area contributed by atoms with Gasteiger partial charge in [0.15, 0.2) is 0 Å². The Balaban J connectivity index is 2.87. The van der Waals surface area contributed by atoms with Crippen molar-refractivity contribution in [1.29, 1.82) is 0 Å². The third-order valence-corrected chi connectivity index (χ3v) is 1.53. The summed E-state index contributed by atoms with van der Waals surface area (Å²) in [5.74, 6) is 5.88. The van der Waals surface area contributed by atoms with Crippen LogP contribution in [0.5, 0.6) is 0 Å². The number of nitrogens with zero attached hydrogens (tertiary/aromatic N) is 1. The molecular weight excluding hydrogens is 170 g/mol. The van der Waals surface area contributed by atoms with Gasteiger partial charge in [0.05, 0.1) is 0 Å². The molecule has 0 saturated carbocycles.